The summed E-state index contributed by atoms with van der Waals surface area (Å²) in [4.78, 5) is 29.3. The van der Waals surface area contributed by atoms with E-state index in [1.807, 2.05) is 30.3 Å². The van der Waals surface area contributed by atoms with Gasteiger partial charge in [-0.2, -0.15) is 0 Å². The van der Waals surface area contributed by atoms with Gasteiger partial charge in [0.2, 0.25) is 5.91 Å². The minimum Gasteiger partial charge on any atom is -0.462 e. The summed E-state index contributed by atoms with van der Waals surface area (Å²) in [5.74, 6) is -1.14. The number of nitrogens with zero attached hydrogens (tertiary/aromatic N) is 1. The first-order chi connectivity index (χ1) is 13.1. The quantitative estimate of drug-likeness (QED) is 0.643. The molecular formula is C20H17FN2O3S. The Kier molecular flexibility index (Phi) is 5.93. The van der Waals surface area contributed by atoms with E-state index in [2.05, 4.69) is 10.3 Å². The summed E-state index contributed by atoms with van der Waals surface area (Å²) >= 11 is 1.07. The molecule has 0 unspecified atom stereocenters. The van der Waals surface area contributed by atoms with Gasteiger partial charge in [0.25, 0.3) is 0 Å². The van der Waals surface area contributed by atoms with E-state index in [4.69, 9.17) is 4.74 Å². The van der Waals surface area contributed by atoms with Crippen LogP contribution in [0.15, 0.2) is 54.6 Å². The average molecular weight is 384 g/mol. The van der Waals surface area contributed by atoms with Crippen molar-refractivity contribution in [2.45, 2.75) is 13.3 Å². The summed E-state index contributed by atoms with van der Waals surface area (Å²) in [5, 5.41) is 3.01. The minimum absolute atomic E-state index is 0.0786. The molecule has 0 atom stereocenters. The van der Waals surface area contributed by atoms with Gasteiger partial charge in [0, 0.05) is 5.56 Å². The molecule has 0 saturated heterocycles. The highest BCUT2D eigenvalue weighted by Crippen LogP contribution is 2.31. The predicted octanol–water partition coefficient (Wildman–Crippen LogP) is 4.31. The molecule has 1 aromatic heterocycles. The highest BCUT2D eigenvalue weighted by Gasteiger charge is 2.21. The van der Waals surface area contributed by atoms with Crippen molar-refractivity contribution in [3.63, 3.8) is 0 Å². The molecule has 0 saturated carbocycles. The second-order valence-corrected chi connectivity index (χ2v) is 6.63. The topological polar surface area (TPSA) is 68.3 Å². The van der Waals surface area contributed by atoms with Gasteiger partial charge in [-0.3, -0.25) is 4.79 Å². The third kappa shape index (κ3) is 4.77. The van der Waals surface area contributed by atoms with Gasteiger partial charge in [-0.25, -0.2) is 14.2 Å². The Morgan fingerprint density at radius 1 is 1.11 bits per heavy atom. The number of benzene rings is 2. The zero-order valence-corrected chi connectivity index (χ0v) is 15.4. The van der Waals surface area contributed by atoms with E-state index in [-0.39, 0.29) is 24.8 Å². The summed E-state index contributed by atoms with van der Waals surface area (Å²) < 4.78 is 18.1. The fourth-order valence-electron chi connectivity index (χ4n) is 2.45. The molecule has 2 aromatic carbocycles. The van der Waals surface area contributed by atoms with Crippen LogP contribution in [0.4, 0.5) is 9.52 Å². The summed E-state index contributed by atoms with van der Waals surface area (Å²) in [7, 11) is 0. The molecule has 0 spiro atoms. The third-order valence-electron chi connectivity index (χ3n) is 3.66. The van der Waals surface area contributed by atoms with Crippen LogP contribution in [-0.4, -0.2) is 23.5 Å². The van der Waals surface area contributed by atoms with Crippen LogP contribution in [0.1, 0.15) is 22.2 Å². The maximum atomic E-state index is 13.0. The molecule has 5 nitrogen and oxygen atoms in total. The summed E-state index contributed by atoms with van der Waals surface area (Å²) in [5.41, 5.74) is 1.91. The van der Waals surface area contributed by atoms with Crippen molar-refractivity contribution < 1.29 is 18.7 Å². The molecule has 27 heavy (non-hydrogen) atoms. The van der Waals surface area contributed by atoms with E-state index in [1.54, 1.807) is 19.1 Å². The number of rotatable bonds is 6. The second-order valence-electron chi connectivity index (χ2n) is 5.63. The van der Waals surface area contributed by atoms with Gasteiger partial charge in [-0.05, 0) is 24.6 Å². The van der Waals surface area contributed by atoms with Gasteiger partial charge >= 0.3 is 5.97 Å². The van der Waals surface area contributed by atoms with Crippen molar-refractivity contribution in [2.75, 3.05) is 11.9 Å². The van der Waals surface area contributed by atoms with Gasteiger partial charge in [0.1, 0.15) is 10.7 Å². The maximum absolute atomic E-state index is 13.0. The van der Waals surface area contributed by atoms with Gasteiger partial charge in [0.15, 0.2) is 5.13 Å². The van der Waals surface area contributed by atoms with Gasteiger partial charge in [-0.15, -0.1) is 0 Å². The van der Waals surface area contributed by atoms with Gasteiger partial charge in [-0.1, -0.05) is 53.8 Å². The van der Waals surface area contributed by atoms with E-state index in [9.17, 15) is 14.0 Å². The monoisotopic (exact) mass is 384 g/mol. The summed E-state index contributed by atoms with van der Waals surface area (Å²) in [6.07, 6.45) is 0.0786. The van der Waals surface area contributed by atoms with Crippen molar-refractivity contribution in [3.05, 3.63) is 70.9 Å². The normalized spacial score (nSPS) is 10.4. The molecule has 1 amide bonds. The SMILES string of the molecule is CCOC(=O)c1sc(NC(=O)Cc2ccc(F)cc2)nc1-c1ccccc1. The highest BCUT2D eigenvalue weighted by molar-refractivity contribution is 7.18. The van der Waals surface area contributed by atoms with E-state index in [1.165, 1.54) is 12.1 Å². The number of halogens is 1. The molecule has 0 aliphatic heterocycles. The number of esters is 1. The summed E-state index contributed by atoms with van der Waals surface area (Å²) in [6, 6.07) is 14.9. The molecule has 1 N–H and O–H groups in total. The molecule has 0 aliphatic rings. The van der Waals surface area contributed by atoms with Crippen molar-refractivity contribution in [1.82, 2.24) is 4.98 Å². The van der Waals surface area contributed by atoms with Crippen LogP contribution >= 0.6 is 11.3 Å². The first-order valence-corrected chi connectivity index (χ1v) is 9.16. The number of hydrogen-bond acceptors (Lipinski definition) is 5. The lowest BCUT2D eigenvalue weighted by atomic mass is 10.1. The molecule has 3 rings (SSSR count). The molecule has 138 valence electrons. The number of ether oxygens (including phenoxy) is 1. The lowest BCUT2D eigenvalue weighted by molar-refractivity contribution is -0.115. The van der Waals surface area contributed by atoms with Crippen LogP contribution < -0.4 is 5.32 Å². The van der Waals surface area contributed by atoms with Crippen molar-refractivity contribution >= 4 is 28.3 Å². The van der Waals surface area contributed by atoms with Gasteiger partial charge < -0.3 is 10.1 Å². The van der Waals surface area contributed by atoms with Crippen LogP contribution in [0, 0.1) is 5.82 Å². The maximum Gasteiger partial charge on any atom is 0.350 e. The standard InChI is InChI=1S/C20H17FN2O3S/c1-2-26-19(25)18-17(14-6-4-3-5-7-14)23-20(27-18)22-16(24)12-13-8-10-15(21)11-9-13/h3-11H,2,12H2,1H3,(H,22,23,24). The molecule has 0 bridgehead atoms. The smallest absolute Gasteiger partial charge is 0.350 e. The van der Waals surface area contributed by atoms with E-state index in [0.29, 0.717) is 21.3 Å². The fraction of sp³-hybridized carbons (Fsp3) is 0.150. The number of thiazole rings is 1. The number of amides is 1. The Labute approximate surface area is 159 Å². The van der Waals surface area contributed by atoms with Crippen LogP contribution in [-0.2, 0) is 16.0 Å². The Morgan fingerprint density at radius 3 is 2.48 bits per heavy atom. The van der Waals surface area contributed by atoms with Crippen LogP contribution in [0.3, 0.4) is 0 Å². The predicted molar refractivity (Wildman–Crippen MR) is 102 cm³/mol. The lowest BCUT2D eigenvalue weighted by Crippen LogP contribution is -2.14. The summed E-state index contributed by atoms with van der Waals surface area (Å²) in [6.45, 7) is 1.98. The minimum atomic E-state index is -0.479. The molecule has 0 radical (unpaired) electrons. The van der Waals surface area contributed by atoms with Gasteiger partial charge in [0.05, 0.1) is 18.7 Å². The zero-order valence-electron chi connectivity index (χ0n) is 14.6. The highest BCUT2D eigenvalue weighted by atomic mass is 32.1. The van der Waals surface area contributed by atoms with E-state index in [0.717, 1.165) is 16.9 Å². The Balaban J connectivity index is 1.82. The van der Waals surface area contributed by atoms with Crippen molar-refractivity contribution in [3.8, 4) is 11.3 Å². The molecule has 3 aromatic rings. The van der Waals surface area contributed by atoms with Crippen LogP contribution in [0.25, 0.3) is 11.3 Å². The molecule has 0 aliphatic carbocycles. The zero-order chi connectivity index (χ0) is 19.2. The van der Waals surface area contributed by atoms with Crippen LogP contribution in [0.5, 0.6) is 0 Å². The number of hydrogen-bond donors (Lipinski definition) is 1. The molecule has 0 fully saturated rings. The number of anilines is 1. The molecular weight excluding hydrogens is 367 g/mol. The molecule has 7 heteroatoms. The van der Waals surface area contributed by atoms with Crippen molar-refractivity contribution in [1.29, 1.82) is 0 Å². The van der Waals surface area contributed by atoms with E-state index < -0.39 is 5.97 Å². The number of carbonyl (C=O) groups excluding carboxylic acids is 2. The number of aromatic nitrogens is 1. The lowest BCUT2D eigenvalue weighted by Gasteiger charge is -2.02. The molecule has 1 heterocycles. The number of carbonyl (C=O) groups is 2. The Morgan fingerprint density at radius 2 is 1.81 bits per heavy atom. The average Bonchev–Trinajstić information content (AvgIpc) is 3.08. The second kappa shape index (κ2) is 8.55. The Bertz CT molecular complexity index is 940. The fourth-order valence-corrected chi connectivity index (χ4v) is 3.35. The van der Waals surface area contributed by atoms with Crippen molar-refractivity contribution in [2.24, 2.45) is 0 Å². The Hall–Kier alpha value is -3.06. The van der Waals surface area contributed by atoms with E-state index >= 15 is 0 Å². The first-order valence-electron chi connectivity index (χ1n) is 8.34. The number of nitrogens with one attached hydrogen (secondary N) is 1. The first kappa shape index (κ1) is 18.7. The largest absolute Gasteiger partial charge is 0.462 e. The van der Waals surface area contributed by atoms with Crippen LogP contribution in [0.2, 0.25) is 0 Å². The third-order valence-corrected chi connectivity index (χ3v) is 4.61.